The summed E-state index contributed by atoms with van der Waals surface area (Å²) in [6, 6.07) is 19.5. The van der Waals surface area contributed by atoms with Crippen LogP contribution in [-0.4, -0.2) is 69.0 Å². The largest absolute Gasteiger partial charge is 0.484 e. The molecule has 5 aromatic rings. The number of nitrogens with one attached hydrogen (secondary N) is 2. The SMILES string of the molecule is CN(C)CCc1cc(-n2nc(C(C)(C)C)cc2NC(=O)N[C@H]2CC[C@@H](Oc3ccc4nnc(N5CCCCC5)n4c3)c3ccccc32)ccc1Cl. The van der Waals surface area contributed by atoms with Gasteiger partial charge in [-0.3, -0.25) is 9.72 Å². The molecule has 1 fully saturated rings. The zero-order chi connectivity index (χ0) is 35.7. The first-order valence-electron chi connectivity index (χ1n) is 18.0. The monoisotopic (exact) mass is 709 g/mol. The van der Waals surface area contributed by atoms with Crippen molar-refractivity contribution in [1.29, 1.82) is 0 Å². The van der Waals surface area contributed by atoms with Crippen LogP contribution in [0.15, 0.2) is 66.9 Å². The van der Waals surface area contributed by atoms with Crippen LogP contribution >= 0.6 is 11.6 Å². The summed E-state index contributed by atoms with van der Waals surface area (Å²) in [5.74, 6) is 2.22. The first kappa shape index (κ1) is 34.8. The van der Waals surface area contributed by atoms with E-state index in [1.807, 2.05) is 67.2 Å². The summed E-state index contributed by atoms with van der Waals surface area (Å²) in [4.78, 5) is 18.2. The van der Waals surface area contributed by atoms with E-state index in [0.717, 1.165) is 89.3 Å². The average Bonchev–Trinajstić information content (AvgIpc) is 3.74. The fraction of sp³-hybridized carbons (Fsp3) is 0.436. The predicted octanol–water partition coefficient (Wildman–Crippen LogP) is 7.74. The summed E-state index contributed by atoms with van der Waals surface area (Å²) in [5.41, 5.74) is 5.46. The van der Waals surface area contributed by atoms with Gasteiger partial charge < -0.3 is 19.9 Å². The van der Waals surface area contributed by atoms with Gasteiger partial charge in [-0.1, -0.05) is 56.6 Å². The van der Waals surface area contributed by atoms with Gasteiger partial charge in [0.15, 0.2) is 5.65 Å². The number of pyridine rings is 1. The number of rotatable bonds is 9. The lowest BCUT2D eigenvalue weighted by molar-refractivity contribution is 0.171. The number of carbonyl (C=O) groups excluding carboxylic acids is 1. The van der Waals surface area contributed by atoms with Crippen molar-refractivity contribution >= 4 is 35.0 Å². The van der Waals surface area contributed by atoms with Crippen LogP contribution in [0.4, 0.5) is 16.6 Å². The lowest BCUT2D eigenvalue weighted by Crippen LogP contribution is -2.36. The van der Waals surface area contributed by atoms with E-state index in [9.17, 15) is 4.79 Å². The maximum Gasteiger partial charge on any atom is 0.320 e. The van der Waals surface area contributed by atoms with E-state index in [1.165, 1.54) is 19.3 Å². The summed E-state index contributed by atoms with van der Waals surface area (Å²) in [5, 5.41) is 20.9. The molecule has 0 radical (unpaired) electrons. The van der Waals surface area contributed by atoms with Gasteiger partial charge in [0.2, 0.25) is 5.95 Å². The van der Waals surface area contributed by atoms with Crippen LogP contribution in [0.3, 0.4) is 0 Å². The number of piperidine rings is 1. The van der Waals surface area contributed by atoms with E-state index in [4.69, 9.17) is 21.4 Å². The van der Waals surface area contributed by atoms with Crippen LogP contribution in [0.25, 0.3) is 11.3 Å². The van der Waals surface area contributed by atoms with Crippen LogP contribution in [0.5, 0.6) is 5.75 Å². The number of nitrogens with zero attached hydrogens (tertiary/aromatic N) is 7. The molecule has 12 heteroatoms. The molecule has 0 unspecified atom stereocenters. The van der Waals surface area contributed by atoms with Crippen molar-refractivity contribution in [3.63, 3.8) is 0 Å². The molecule has 3 aromatic heterocycles. The summed E-state index contributed by atoms with van der Waals surface area (Å²) in [6.45, 7) is 9.19. The molecular weight excluding hydrogens is 662 g/mol. The van der Waals surface area contributed by atoms with Crippen LogP contribution in [0.1, 0.15) is 87.4 Å². The lowest BCUT2D eigenvalue weighted by Gasteiger charge is -2.32. The summed E-state index contributed by atoms with van der Waals surface area (Å²) < 4.78 is 10.5. The summed E-state index contributed by atoms with van der Waals surface area (Å²) in [7, 11) is 4.09. The molecule has 2 atom stereocenters. The van der Waals surface area contributed by atoms with Crippen LogP contribution in [-0.2, 0) is 11.8 Å². The minimum atomic E-state index is -0.291. The third kappa shape index (κ3) is 7.69. The van der Waals surface area contributed by atoms with Gasteiger partial charge >= 0.3 is 6.03 Å². The number of ether oxygens (including phenoxy) is 1. The maximum absolute atomic E-state index is 13.7. The Kier molecular flexibility index (Phi) is 9.94. The number of likely N-dealkylation sites (N-methyl/N-ethyl adjacent to an activating group) is 1. The van der Waals surface area contributed by atoms with Crippen molar-refractivity contribution < 1.29 is 9.53 Å². The molecule has 2 aliphatic rings. The van der Waals surface area contributed by atoms with Crippen molar-refractivity contribution in [3.05, 3.63) is 94.3 Å². The van der Waals surface area contributed by atoms with Gasteiger partial charge in [0, 0.05) is 36.1 Å². The third-order valence-electron chi connectivity index (χ3n) is 9.84. The second-order valence-electron chi connectivity index (χ2n) is 15.0. The highest BCUT2D eigenvalue weighted by Crippen LogP contribution is 2.39. The molecule has 0 spiro atoms. The predicted molar refractivity (Wildman–Crippen MR) is 203 cm³/mol. The Bertz CT molecular complexity index is 2010. The highest BCUT2D eigenvalue weighted by atomic mass is 35.5. The molecule has 0 saturated carbocycles. The maximum atomic E-state index is 13.7. The Hall–Kier alpha value is -4.61. The van der Waals surface area contributed by atoms with E-state index in [0.29, 0.717) is 5.82 Å². The molecule has 1 aliphatic carbocycles. The summed E-state index contributed by atoms with van der Waals surface area (Å²) >= 11 is 6.58. The Morgan fingerprint density at radius 1 is 0.980 bits per heavy atom. The minimum absolute atomic E-state index is 0.156. The number of carbonyl (C=O) groups is 1. The molecule has 0 bridgehead atoms. The highest BCUT2D eigenvalue weighted by Gasteiger charge is 2.30. The van der Waals surface area contributed by atoms with Gasteiger partial charge in [-0.25, -0.2) is 9.48 Å². The van der Waals surface area contributed by atoms with Gasteiger partial charge in [0.05, 0.1) is 23.6 Å². The molecular formula is C39H48ClN9O2. The number of aromatic nitrogens is 5. The minimum Gasteiger partial charge on any atom is -0.484 e. The average molecular weight is 710 g/mol. The fourth-order valence-corrected chi connectivity index (χ4v) is 7.21. The number of hydrogen-bond acceptors (Lipinski definition) is 7. The van der Waals surface area contributed by atoms with Gasteiger partial charge in [-0.05, 0) is 99.6 Å². The molecule has 11 nitrogen and oxygen atoms in total. The fourth-order valence-electron chi connectivity index (χ4n) is 7.00. The van der Waals surface area contributed by atoms with Crippen molar-refractivity contribution in [2.75, 3.05) is 43.9 Å². The van der Waals surface area contributed by atoms with Crippen LogP contribution in [0, 0.1) is 0 Å². The number of benzene rings is 2. The number of urea groups is 1. The molecule has 268 valence electrons. The Morgan fingerprint density at radius 2 is 1.76 bits per heavy atom. The lowest BCUT2D eigenvalue weighted by atomic mass is 9.85. The first-order chi connectivity index (χ1) is 24.5. The molecule has 2 amide bonds. The van der Waals surface area contributed by atoms with E-state index >= 15 is 0 Å². The topological polar surface area (TPSA) is 105 Å². The van der Waals surface area contributed by atoms with Crippen molar-refractivity contribution in [3.8, 4) is 11.4 Å². The van der Waals surface area contributed by atoms with Gasteiger partial charge in [-0.2, -0.15) is 5.10 Å². The van der Waals surface area contributed by atoms with Gasteiger partial charge in [0.1, 0.15) is 17.7 Å². The second kappa shape index (κ2) is 14.6. The number of hydrogen-bond donors (Lipinski definition) is 2. The first-order valence-corrected chi connectivity index (χ1v) is 18.4. The summed E-state index contributed by atoms with van der Waals surface area (Å²) in [6.07, 6.45) is 7.70. The normalized spacial score (nSPS) is 17.8. The molecule has 2 N–H and O–H groups in total. The van der Waals surface area contributed by atoms with Crippen molar-refractivity contribution in [2.45, 2.75) is 76.9 Å². The second-order valence-corrected chi connectivity index (χ2v) is 15.4. The standard InChI is InChI=1S/C39H48ClN9O2/c1-39(2,3)34-24-36(49(45-34)27-13-15-31(40)26(23-27)19-22-46(4)5)42-37(50)41-32-16-17-33(30-12-8-7-11-29(30)32)51-28-14-18-35-43-44-38(48(35)25-28)47-20-9-6-10-21-47/h7-8,11-15,18,23-25,32-33H,6,9-10,16-17,19-22H2,1-5H3,(H2,41,42,50)/t32-,33+/m0/s1. The van der Waals surface area contributed by atoms with E-state index in [-0.39, 0.29) is 23.6 Å². The molecule has 4 heterocycles. The molecule has 1 saturated heterocycles. The molecule has 51 heavy (non-hydrogen) atoms. The quantitative estimate of drug-likeness (QED) is 0.161. The molecule has 7 rings (SSSR count). The zero-order valence-corrected chi connectivity index (χ0v) is 31.0. The Labute approximate surface area is 304 Å². The van der Waals surface area contributed by atoms with Gasteiger partial charge in [0.25, 0.3) is 0 Å². The Balaban J connectivity index is 1.09. The van der Waals surface area contributed by atoms with Crippen molar-refractivity contribution in [2.24, 2.45) is 0 Å². The molecule has 1 aliphatic heterocycles. The van der Waals surface area contributed by atoms with Gasteiger partial charge in [-0.15, -0.1) is 10.2 Å². The smallest absolute Gasteiger partial charge is 0.320 e. The number of anilines is 2. The van der Waals surface area contributed by atoms with Crippen LogP contribution in [0.2, 0.25) is 5.02 Å². The van der Waals surface area contributed by atoms with E-state index in [2.05, 4.69) is 69.6 Å². The van der Waals surface area contributed by atoms with E-state index < -0.39 is 0 Å². The number of amides is 2. The Morgan fingerprint density at radius 3 is 2.53 bits per heavy atom. The zero-order valence-electron chi connectivity index (χ0n) is 30.2. The third-order valence-corrected chi connectivity index (χ3v) is 10.2. The van der Waals surface area contributed by atoms with Crippen molar-refractivity contribution in [1.82, 2.24) is 34.6 Å². The number of halogens is 1. The highest BCUT2D eigenvalue weighted by molar-refractivity contribution is 6.31. The van der Waals surface area contributed by atoms with E-state index in [1.54, 1.807) is 4.68 Å². The number of fused-ring (bicyclic) bond motifs is 2. The van der Waals surface area contributed by atoms with Crippen LogP contribution < -0.4 is 20.3 Å². The molecule has 2 aromatic carbocycles.